The Kier molecular flexibility index (Phi) is 5.59. The number of nitrogens with zero attached hydrogens (tertiary/aromatic N) is 3. The number of carbonyl (C=O) groups excluding carboxylic acids is 1. The van der Waals surface area contributed by atoms with Crippen LogP contribution in [0.15, 0.2) is 48.8 Å². The maximum absolute atomic E-state index is 15.4. The van der Waals surface area contributed by atoms with E-state index in [4.69, 9.17) is 0 Å². The molecule has 2 aromatic carbocycles. The summed E-state index contributed by atoms with van der Waals surface area (Å²) in [6.45, 7) is 0.835. The molecular formula is C24H21F4N5O. The third kappa shape index (κ3) is 4.27. The smallest absolute Gasteiger partial charge is 0.363 e. The van der Waals surface area contributed by atoms with Crippen LogP contribution in [0.1, 0.15) is 41.1 Å². The predicted octanol–water partition coefficient (Wildman–Crippen LogP) is 5.08. The normalized spacial score (nSPS) is 17.6. The number of carbonyl (C=O) groups is 1. The number of nitrogens with one attached hydrogen (secondary N) is 2. The lowest BCUT2D eigenvalue weighted by Gasteiger charge is -2.27. The van der Waals surface area contributed by atoms with Crippen LogP contribution in [0.2, 0.25) is 0 Å². The van der Waals surface area contributed by atoms with Gasteiger partial charge in [0.05, 0.1) is 18.0 Å². The zero-order valence-corrected chi connectivity index (χ0v) is 18.0. The molecule has 0 saturated carbocycles. The summed E-state index contributed by atoms with van der Waals surface area (Å²) >= 11 is 0. The number of anilines is 3. The fourth-order valence-corrected chi connectivity index (χ4v) is 4.52. The van der Waals surface area contributed by atoms with Crippen LogP contribution in [0.4, 0.5) is 34.9 Å². The van der Waals surface area contributed by atoms with Gasteiger partial charge in [0.1, 0.15) is 6.33 Å². The van der Waals surface area contributed by atoms with Crippen molar-refractivity contribution in [2.45, 2.75) is 38.0 Å². The molecule has 0 aliphatic carbocycles. The molecule has 3 aromatic rings. The lowest BCUT2D eigenvalue weighted by atomic mass is 10.0. The Morgan fingerprint density at radius 3 is 2.68 bits per heavy atom. The molecule has 0 bridgehead atoms. The van der Waals surface area contributed by atoms with Crippen LogP contribution in [0, 0.1) is 5.82 Å². The van der Waals surface area contributed by atoms with E-state index in [0.717, 1.165) is 35.4 Å². The average Bonchev–Trinajstić information content (AvgIpc) is 3.43. The zero-order valence-electron chi connectivity index (χ0n) is 18.0. The first-order valence-corrected chi connectivity index (χ1v) is 10.9. The number of rotatable bonds is 5. The highest BCUT2D eigenvalue weighted by molar-refractivity contribution is 5.99. The second-order valence-electron chi connectivity index (χ2n) is 8.40. The Morgan fingerprint density at radius 2 is 1.91 bits per heavy atom. The minimum atomic E-state index is -4.40. The third-order valence-electron chi connectivity index (χ3n) is 6.17. The third-order valence-corrected chi connectivity index (χ3v) is 6.17. The standard InChI is InChI=1S/C24H21F4N5O/c25-21-22(29-12-14-3-8-18-16(10-14)11-20(34)32-18)30-13-31-23(21)33-9-1-2-19(33)15-4-6-17(7-5-15)24(26,27)28/h3-8,10,13,19H,1-2,9,11-12H2,(H,32,34)(H,29,30,31). The van der Waals surface area contributed by atoms with Crippen LogP contribution in [-0.2, 0) is 23.9 Å². The Bertz CT molecular complexity index is 1230. The number of fused-ring (bicyclic) bond motifs is 1. The van der Waals surface area contributed by atoms with Gasteiger partial charge in [-0.1, -0.05) is 24.3 Å². The number of hydrogen-bond donors (Lipinski definition) is 2. The number of aromatic nitrogens is 2. The number of hydrogen-bond acceptors (Lipinski definition) is 5. The molecular weight excluding hydrogens is 450 g/mol. The molecule has 2 aliphatic heterocycles. The quantitative estimate of drug-likeness (QED) is 0.508. The Hall–Kier alpha value is -3.69. The fraction of sp³-hybridized carbons (Fsp3) is 0.292. The van der Waals surface area contributed by atoms with Gasteiger partial charge >= 0.3 is 6.18 Å². The van der Waals surface area contributed by atoms with E-state index in [1.54, 1.807) is 4.90 Å². The van der Waals surface area contributed by atoms with Crippen LogP contribution in [-0.4, -0.2) is 22.4 Å². The summed E-state index contributed by atoms with van der Waals surface area (Å²) in [5.74, 6) is -0.513. The molecule has 6 nitrogen and oxygen atoms in total. The summed E-state index contributed by atoms with van der Waals surface area (Å²) in [5.41, 5.74) is 2.52. The van der Waals surface area contributed by atoms with Crippen LogP contribution >= 0.6 is 0 Å². The van der Waals surface area contributed by atoms with E-state index in [0.29, 0.717) is 31.5 Å². The van der Waals surface area contributed by atoms with Crippen molar-refractivity contribution in [2.24, 2.45) is 0 Å². The van der Waals surface area contributed by atoms with Gasteiger partial charge in [-0.3, -0.25) is 4.79 Å². The van der Waals surface area contributed by atoms with Gasteiger partial charge in [-0.25, -0.2) is 9.97 Å². The van der Waals surface area contributed by atoms with Crippen molar-refractivity contribution in [1.82, 2.24) is 9.97 Å². The Morgan fingerprint density at radius 1 is 1.12 bits per heavy atom. The van der Waals surface area contributed by atoms with E-state index in [2.05, 4.69) is 20.6 Å². The molecule has 10 heteroatoms. The number of amides is 1. The molecule has 34 heavy (non-hydrogen) atoms. The molecule has 1 amide bonds. The first-order chi connectivity index (χ1) is 16.3. The van der Waals surface area contributed by atoms with E-state index < -0.39 is 17.6 Å². The van der Waals surface area contributed by atoms with E-state index in [9.17, 15) is 18.0 Å². The molecule has 1 aromatic heterocycles. The van der Waals surface area contributed by atoms with Gasteiger partial charge in [-0.05, 0) is 47.7 Å². The van der Waals surface area contributed by atoms with Crippen LogP contribution in [0.25, 0.3) is 0 Å². The fourth-order valence-electron chi connectivity index (χ4n) is 4.52. The molecule has 0 spiro atoms. The lowest BCUT2D eigenvalue weighted by molar-refractivity contribution is -0.137. The summed E-state index contributed by atoms with van der Waals surface area (Å²) in [5, 5.41) is 5.76. The first kappa shape index (κ1) is 22.1. The summed E-state index contributed by atoms with van der Waals surface area (Å²) < 4.78 is 54.1. The molecule has 3 heterocycles. The van der Waals surface area contributed by atoms with Gasteiger partial charge in [-0.15, -0.1) is 0 Å². The van der Waals surface area contributed by atoms with E-state index in [1.807, 2.05) is 18.2 Å². The van der Waals surface area contributed by atoms with Crippen molar-refractivity contribution >= 4 is 23.2 Å². The van der Waals surface area contributed by atoms with Crippen molar-refractivity contribution in [3.63, 3.8) is 0 Å². The first-order valence-electron chi connectivity index (χ1n) is 10.9. The summed E-state index contributed by atoms with van der Waals surface area (Å²) in [7, 11) is 0. The van der Waals surface area contributed by atoms with Crippen LogP contribution in [0.5, 0.6) is 0 Å². The predicted molar refractivity (Wildman–Crippen MR) is 119 cm³/mol. The highest BCUT2D eigenvalue weighted by atomic mass is 19.4. The molecule has 2 aliphatic rings. The molecule has 1 saturated heterocycles. The minimum absolute atomic E-state index is 0.0396. The molecule has 2 N–H and O–H groups in total. The number of benzene rings is 2. The topological polar surface area (TPSA) is 70.2 Å². The Labute approximate surface area is 193 Å². The van der Waals surface area contributed by atoms with Gasteiger partial charge in [0.25, 0.3) is 0 Å². The van der Waals surface area contributed by atoms with Gasteiger partial charge < -0.3 is 15.5 Å². The van der Waals surface area contributed by atoms with Gasteiger partial charge in [0.15, 0.2) is 11.6 Å². The highest BCUT2D eigenvalue weighted by Gasteiger charge is 2.33. The van der Waals surface area contributed by atoms with E-state index in [-0.39, 0.29) is 23.6 Å². The monoisotopic (exact) mass is 471 g/mol. The van der Waals surface area contributed by atoms with Crippen molar-refractivity contribution in [1.29, 1.82) is 0 Å². The molecule has 176 valence electrons. The van der Waals surface area contributed by atoms with Crippen molar-refractivity contribution in [3.8, 4) is 0 Å². The summed E-state index contributed by atoms with van der Waals surface area (Å²) in [4.78, 5) is 21.5. The molecule has 1 unspecified atom stereocenters. The van der Waals surface area contributed by atoms with E-state index >= 15 is 4.39 Å². The number of alkyl halides is 3. The lowest BCUT2D eigenvalue weighted by Crippen LogP contribution is -2.25. The van der Waals surface area contributed by atoms with Gasteiger partial charge in [0, 0.05) is 18.8 Å². The zero-order chi connectivity index (χ0) is 23.9. The second-order valence-corrected chi connectivity index (χ2v) is 8.40. The number of halogens is 4. The molecule has 0 radical (unpaired) electrons. The highest BCUT2D eigenvalue weighted by Crippen LogP contribution is 2.38. The van der Waals surface area contributed by atoms with Gasteiger partial charge in [-0.2, -0.15) is 17.6 Å². The molecule has 1 fully saturated rings. The maximum atomic E-state index is 15.4. The van der Waals surface area contributed by atoms with Crippen molar-refractivity contribution in [2.75, 3.05) is 22.1 Å². The SMILES string of the molecule is O=C1Cc2cc(CNc3ncnc(N4CCCC4c4ccc(C(F)(F)F)cc4)c3F)ccc2N1. The molecule has 5 rings (SSSR count). The molecule has 1 atom stereocenters. The van der Waals surface area contributed by atoms with Crippen molar-refractivity contribution in [3.05, 3.63) is 76.9 Å². The average molecular weight is 471 g/mol. The minimum Gasteiger partial charge on any atom is -0.363 e. The van der Waals surface area contributed by atoms with E-state index in [1.165, 1.54) is 18.5 Å². The van der Waals surface area contributed by atoms with Crippen molar-refractivity contribution < 1.29 is 22.4 Å². The summed E-state index contributed by atoms with van der Waals surface area (Å²) in [6.07, 6.45) is -1.37. The summed E-state index contributed by atoms with van der Waals surface area (Å²) in [6, 6.07) is 10.3. The maximum Gasteiger partial charge on any atom is 0.416 e. The van der Waals surface area contributed by atoms with Crippen LogP contribution in [0.3, 0.4) is 0 Å². The van der Waals surface area contributed by atoms with Crippen LogP contribution < -0.4 is 15.5 Å². The Balaban J connectivity index is 1.33. The largest absolute Gasteiger partial charge is 0.416 e. The second kappa shape index (κ2) is 8.58. The van der Waals surface area contributed by atoms with Gasteiger partial charge in [0.2, 0.25) is 11.7 Å².